The van der Waals surface area contributed by atoms with Gasteiger partial charge >= 0.3 is 0 Å². The second kappa shape index (κ2) is 9.89. The lowest BCUT2D eigenvalue weighted by atomic mass is 9.92. The molecule has 2 heterocycles. The average molecular weight is 386 g/mol. The number of likely N-dealkylation sites (tertiary alicyclic amines) is 2. The molecule has 4 nitrogen and oxygen atoms in total. The number of nitrogens with one attached hydrogen (secondary N) is 1. The predicted octanol–water partition coefficient (Wildman–Crippen LogP) is 3.71. The molecule has 2 fully saturated rings. The van der Waals surface area contributed by atoms with E-state index in [1.807, 2.05) is 0 Å². The first kappa shape index (κ1) is 21.3. The number of carbonyl (C=O) groups excluding carboxylic acids is 1. The summed E-state index contributed by atoms with van der Waals surface area (Å²) in [5, 5.41) is 3.16. The minimum Gasteiger partial charge on any atom is -0.351 e. The van der Waals surface area contributed by atoms with Gasteiger partial charge in [0.2, 0.25) is 5.91 Å². The van der Waals surface area contributed by atoms with E-state index in [4.69, 9.17) is 0 Å². The lowest BCUT2D eigenvalue weighted by molar-refractivity contribution is -0.128. The second-order valence-corrected chi connectivity index (χ2v) is 9.71. The van der Waals surface area contributed by atoms with E-state index in [9.17, 15) is 4.79 Å². The van der Waals surface area contributed by atoms with Crippen LogP contribution in [-0.4, -0.2) is 60.0 Å². The molecule has 2 saturated heterocycles. The number of amides is 1. The third-order valence-corrected chi connectivity index (χ3v) is 6.25. The van der Waals surface area contributed by atoms with Crippen molar-refractivity contribution in [2.75, 3.05) is 32.7 Å². The van der Waals surface area contributed by atoms with Crippen molar-refractivity contribution >= 4 is 5.91 Å². The number of aryl methyl sites for hydroxylation is 1. The van der Waals surface area contributed by atoms with Crippen molar-refractivity contribution in [3.8, 4) is 0 Å². The smallest absolute Gasteiger partial charge is 0.223 e. The van der Waals surface area contributed by atoms with E-state index in [0.717, 1.165) is 32.0 Å². The first-order valence-corrected chi connectivity index (χ1v) is 11.2. The Morgan fingerprint density at radius 2 is 1.64 bits per heavy atom. The van der Waals surface area contributed by atoms with Crippen LogP contribution in [0, 0.1) is 5.92 Å². The molecule has 0 unspecified atom stereocenters. The fraction of sp³-hybridized carbons (Fsp3) is 0.708. The summed E-state index contributed by atoms with van der Waals surface area (Å²) in [6.07, 6.45) is 7.03. The molecule has 1 aromatic carbocycles. The SMILES string of the molecule is CC(C)(C)NC(=O)C1CCN(C2CCN(CCCc3ccccc3)CC2)CC1. The van der Waals surface area contributed by atoms with E-state index in [2.05, 4.69) is 66.2 Å². The molecule has 0 aliphatic carbocycles. The quantitative estimate of drug-likeness (QED) is 0.811. The van der Waals surface area contributed by atoms with Crippen molar-refractivity contribution < 1.29 is 4.79 Å². The van der Waals surface area contributed by atoms with E-state index >= 15 is 0 Å². The molecule has 28 heavy (non-hydrogen) atoms. The molecular formula is C24H39N3O. The Bertz CT molecular complexity index is 594. The van der Waals surface area contributed by atoms with Crippen molar-refractivity contribution in [1.29, 1.82) is 0 Å². The van der Waals surface area contributed by atoms with Crippen LogP contribution in [0.15, 0.2) is 30.3 Å². The molecular weight excluding hydrogens is 346 g/mol. The first-order chi connectivity index (χ1) is 13.4. The zero-order chi connectivity index (χ0) is 20.0. The molecule has 2 aliphatic rings. The lowest BCUT2D eigenvalue weighted by Crippen LogP contribution is -2.51. The molecule has 0 saturated carbocycles. The molecule has 0 atom stereocenters. The van der Waals surface area contributed by atoms with Crippen molar-refractivity contribution in [3.63, 3.8) is 0 Å². The molecule has 0 bridgehead atoms. The molecule has 156 valence electrons. The van der Waals surface area contributed by atoms with Crippen LogP contribution in [0.3, 0.4) is 0 Å². The Balaban J connectivity index is 1.33. The van der Waals surface area contributed by atoms with Crippen LogP contribution in [-0.2, 0) is 11.2 Å². The Morgan fingerprint density at radius 1 is 1.00 bits per heavy atom. The summed E-state index contributed by atoms with van der Waals surface area (Å²) in [5.74, 6) is 0.453. The van der Waals surface area contributed by atoms with Gasteiger partial charge in [0, 0.05) is 17.5 Å². The lowest BCUT2D eigenvalue weighted by Gasteiger charge is -2.42. The van der Waals surface area contributed by atoms with Gasteiger partial charge in [-0.2, -0.15) is 0 Å². The Kier molecular flexibility index (Phi) is 7.53. The van der Waals surface area contributed by atoms with Gasteiger partial charge in [-0.25, -0.2) is 0 Å². The number of rotatable bonds is 6. The average Bonchev–Trinajstić information content (AvgIpc) is 2.68. The van der Waals surface area contributed by atoms with Crippen LogP contribution in [0.1, 0.15) is 58.4 Å². The van der Waals surface area contributed by atoms with E-state index in [-0.39, 0.29) is 17.4 Å². The minimum absolute atomic E-state index is 0.123. The topological polar surface area (TPSA) is 35.6 Å². The third kappa shape index (κ3) is 6.59. The van der Waals surface area contributed by atoms with Crippen LogP contribution in [0.5, 0.6) is 0 Å². The van der Waals surface area contributed by atoms with Crippen LogP contribution in [0.2, 0.25) is 0 Å². The highest BCUT2D eigenvalue weighted by atomic mass is 16.2. The van der Waals surface area contributed by atoms with Crippen molar-refractivity contribution in [3.05, 3.63) is 35.9 Å². The number of carbonyl (C=O) groups is 1. The molecule has 0 spiro atoms. The Hall–Kier alpha value is -1.39. The van der Waals surface area contributed by atoms with Gasteiger partial charge in [0.25, 0.3) is 0 Å². The van der Waals surface area contributed by atoms with Crippen molar-refractivity contribution in [1.82, 2.24) is 15.1 Å². The van der Waals surface area contributed by atoms with Gasteiger partial charge in [-0.1, -0.05) is 30.3 Å². The highest BCUT2D eigenvalue weighted by molar-refractivity contribution is 5.79. The zero-order valence-corrected chi connectivity index (χ0v) is 18.1. The maximum Gasteiger partial charge on any atom is 0.223 e. The summed E-state index contributed by atoms with van der Waals surface area (Å²) < 4.78 is 0. The second-order valence-electron chi connectivity index (χ2n) is 9.71. The molecule has 1 N–H and O–H groups in total. The largest absolute Gasteiger partial charge is 0.351 e. The number of benzene rings is 1. The molecule has 1 amide bonds. The third-order valence-electron chi connectivity index (χ3n) is 6.25. The molecule has 4 heteroatoms. The maximum atomic E-state index is 12.4. The normalized spacial score (nSPS) is 21.0. The van der Waals surface area contributed by atoms with Gasteiger partial charge in [-0.05, 0) is 97.6 Å². The summed E-state index contributed by atoms with van der Waals surface area (Å²) in [5.41, 5.74) is 1.33. The Labute approximate surface area is 171 Å². The van der Waals surface area contributed by atoms with Crippen LogP contribution in [0.25, 0.3) is 0 Å². The standard InChI is InChI=1S/C24H39N3O/c1-24(2,3)25-23(28)21-11-18-27(19-12-21)22-13-16-26(17-14-22)15-7-10-20-8-5-4-6-9-20/h4-6,8-9,21-22H,7,10-19H2,1-3H3,(H,25,28). The highest BCUT2D eigenvalue weighted by Gasteiger charge is 2.31. The zero-order valence-electron chi connectivity index (χ0n) is 18.1. The van der Waals surface area contributed by atoms with Gasteiger partial charge in [-0.3, -0.25) is 4.79 Å². The van der Waals surface area contributed by atoms with Crippen LogP contribution < -0.4 is 5.32 Å². The van der Waals surface area contributed by atoms with Crippen molar-refractivity contribution in [2.24, 2.45) is 5.92 Å². The first-order valence-electron chi connectivity index (χ1n) is 11.2. The molecule has 0 radical (unpaired) electrons. The van der Waals surface area contributed by atoms with Gasteiger partial charge in [0.1, 0.15) is 0 Å². The number of nitrogens with zero attached hydrogens (tertiary/aromatic N) is 2. The monoisotopic (exact) mass is 385 g/mol. The fourth-order valence-electron chi connectivity index (χ4n) is 4.66. The predicted molar refractivity (Wildman–Crippen MR) is 116 cm³/mol. The van der Waals surface area contributed by atoms with Gasteiger partial charge < -0.3 is 15.1 Å². The number of hydrogen-bond donors (Lipinski definition) is 1. The summed E-state index contributed by atoms with van der Waals surface area (Å²) in [6.45, 7) is 12.0. The van der Waals surface area contributed by atoms with Crippen molar-refractivity contribution in [2.45, 2.75) is 70.9 Å². The van der Waals surface area contributed by atoms with E-state index < -0.39 is 0 Å². The fourth-order valence-corrected chi connectivity index (χ4v) is 4.66. The van der Waals surface area contributed by atoms with Crippen LogP contribution >= 0.6 is 0 Å². The summed E-state index contributed by atoms with van der Waals surface area (Å²) in [6, 6.07) is 11.5. The van der Waals surface area contributed by atoms with Gasteiger partial charge in [0.05, 0.1) is 0 Å². The molecule has 1 aromatic rings. The summed E-state index contributed by atoms with van der Waals surface area (Å²) in [4.78, 5) is 17.7. The summed E-state index contributed by atoms with van der Waals surface area (Å²) >= 11 is 0. The van der Waals surface area contributed by atoms with Crippen LogP contribution in [0.4, 0.5) is 0 Å². The molecule has 2 aliphatic heterocycles. The van der Waals surface area contributed by atoms with Gasteiger partial charge in [0.15, 0.2) is 0 Å². The Morgan fingerprint density at radius 3 is 2.25 bits per heavy atom. The van der Waals surface area contributed by atoms with E-state index in [1.165, 1.54) is 50.9 Å². The number of hydrogen-bond acceptors (Lipinski definition) is 3. The maximum absolute atomic E-state index is 12.4. The minimum atomic E-state index is -0.123. The van der Waals surface area contributed by atoms with E-state index in [1.54, 1.807) is 0 Å². The van der Waals surface area contributed by atoms with Gasteiger partial charge in [-0.15, -0.1) is 0 Å². The molecule has 3 rings (SSSR count). The van der Waals surface area contributed by atoms with E-state index in [0.29, 0.717) is 0 Å². The summed E-state index contributed by atoms with van der Waals surface area (Å²) in [7, 11) is 0. The number of piperidine rings is 2. The molecule has 0 aromatic heterocycles. The highest BCUT2D eigenvalue weighted by Crippen LogP contribution is 2.24.